The number of thiophene rings is 1. The Morgan fingerprint density at radius 1 is 1.12 bits per heavy atom. The van der Waals surface area contributed by atoms with Crippen LogP contribution in [-0.2, 0) is 22.4 Å². The maximum atomic E-state index is 12.6. The zero-order valence-electron chi connectivity index (χ0n) is 14.9. The van der Waals surface area contributed by atoms with Gasteiger partial charge in [0.25, 0.3) is 0 Å². The number of piperidine rings is 1. The van der Waals surface area contributed by atoms with E-state index in [2.05, 4.69) is 0 Å². The molecule has 4 nitrogen and oxygen atoms in total. The molecule has 0 unspecified atom stereocenters. The highest BCUT2D eigenvalue weighted by Crippen LogP contribution is 2.21. The van der Waals surface area contributed by atoms with Crippen molar-refractivity contribution in [3.05, 3.63) is 57.8 Å². The fraction of sp³-hybridized carbons (Fsp3) is 0.381. The normalized spacial score (nSPS) is 17.1. The van der Waals surface area contributed by atoms with Crippen LogP contribution >= 0.6 is 11.3 Å². The first kappa shape index (κ1) is 18.5. The van der Waals surface area contributed by atoms with E-state index in [4.69, 9.17) is 0 Å². The van der Waals surface area contributed by atoms with Crippen LogP contribution in [0.25, 0.3) is 0 Å². The minimum atomic E-state index is -0.0804. The summed E-state index contributed by atoms with van der Waals surface area (Å²) in [5.74, 6) is 0.194. The second-order valence-electron chi connectivity index (χ2n) is 6.86. The van der Waals surface area contributed by atoms with Gasteiger partial charge in [0, 0.05) is 25.4 Å². The van der Waals surface area contributed by atoms with Gasteiger partial charge >= 0.3 is 0 Å². The van der Waals surface area contributed by atoms with Gasteiger partial charge in [-0.05, 0) is 42.3 Å². The Bertz CT molecular complexity index is 797. The van der Waals surface area contributed by atoms with Crippen LogP contribution in [0.1, 0.15) is 40.6 Å². The van der Waals surface area contributed by atoms with Crippen molar-refractivity contribution in [3.8, 4) is 0 Å². The van der Waals surface area contributed by atoms with Crippen molar-refractivity contribution in [2.75, 3.05) is 13.1 Å². The van der Waals surface area contributed by atoms with E-state index in [9.17, 15) is 14.4 Å². The van der Waals surface area contributed by atoms with Crippen LogP contribution in [0.3, 0.4) is 0 Å². The largest absolute Gasteiger partial charge is 0.342 e. The third-order valence-corrected chi connectivity index (χ3v) is 5.89. The van der Waals surface area contributed by atoms with E-state index in [0.29, 0.717) is 30.8 Å². The summed E-state index contributed by atoms with van der Waals surface area (Å²) in [5, 5.41) is 1.87. The highest BCUT2D eigenvalue weighted by atomic mass is 32.1. The van der Waals surface area contributed by atoms with E-state index in [1.807, 2.05) is 40.6 Å². The highest BCUT2D eigenvalue weighted by Gasteiger charge is 2.28. The summed E-state index contributed by atoms with van der Waals surface area (Å²) in [6, 6.07) is 11.6. The van der Waals surface area contributed by atoms with Crippen LogP contribution in [0.2, 0.25) is 0 Å². The number of carbonyl (C=O) groups excluding carboxylic acids is 3. The third-order valence-electron chi connectivity index (χ3n) is 4.81. The lowest BCUT2D eigenvalue weighted by Gasteiger charge is -2.32. The van der Waals surface area contributed by atoms with E-state index >= 15 is 0 Å². The monoisotopic (exact) mass is 369 g/mol. The molecule has 0 aliphatic carbocycles. The Balaban J connectivity index is 1.57. The fourth-order valence-corrected chi connectivity index (χ4v) is 4.16. The number of hydrogen-bond acceptors (Lipinski definition) is 4. The summed E-state index contributed by atoms with van der Waals surface area (Å²) in [6.07, 6.45) is 2.44. The molecule has 3 rings (SSSR count). The summed E-state index contributed by atoms with van der Waals surface area (Å²) in [4.78, 5) is 39.1. The lowest BCUT2D eigenvalue weighted by atomic mass is 9.90. The molecule has 0 N–H and O–H groups in total. The lowest BCUT2D eigenvalue weighted by molar-refractivity contribution is -0.134. The zero-order chi connectivity index (χ0) is 18.5. The Morgan fingerprint density at radius 2 is 1.88 bits per heavy atom. The number of ketones is 2. The molecule has 2 heterocycles. The number of Topliss-reactive ketones (excluding diaryl/α,β-unsaturated/α-hetero) is 2. The third kappa shape index (κ3) is 4.67. The van der Waals surface area contributed by atoms with Crippen molar-refractivity contribution in [2.24, 2.45) is 5.92 Å². The molecule has 1 aromatic heterocycles. The van der Waals surface area contributed by atoms with Gasteiger partial charge in [-0.1, -0.05) is 30.3 Å². The average Bonchev–Trinajstić information content (AvgIpc) is 3.11. The van der Waals surface area contributed by atoms with Crippen molar-refractivity contribution in [3.63, 3.8) is 0 Å². The first-order chi connectivity index (χ1) is 12.5. The van der Waals surface area contributed by atoms with Crippen molar-refractivity contribution in [1.82, 2.24) is 4.90 Å². The summed E-state index contributed by atoms with van der Waals surface area (Å²) >= 11 is 1.38. The summed E-state index contributed by atoms with van der Waals surface area (Å²) in [7, 11) is 0. The van der Waals surface area contributed by atoms with E-state index in [1.54, 1.807) is 6.07 Å². The summed E-state index contributed by atoms with van der Waals surface area (Å²) < 4.78 is 0. The number of benzene rings is 1. The van der Waals surface area contributed by atoms with Gasteiger partial charge in [-0.2, -0.15) is 0 Å². The Labute approximate surface area is 157 Å². The molecule has 1 amide bonds. The predicted molar refractivity (Wildman–Crippen MR) is 102 cm³/mol. The molecule has 5 heteroatoms. The second kappa shape index (κ2) is 8.41. The summed E-state index contributed by atoms with van der Waals surface area (Å²) in [6.45, 7) is 2.75. The van der Waals surface area contributed by atoms with E-state index in [0.717, 1.165) is 24.0 Å². The Morgan fingerprint density at radius 3 is 2.58 bits per heavy atom. The molecule has 26 heavy (non-hydrogen) atoms. The molecule has 0 saturated carbocycles. The molecule has 1 saturated heterocycles. The quantitative estimate of drug-likeness (QED) is 0.732. The fourth-order valence-electron chi connectivity index (χ4n) is 3.35. The average molecular weight is 369 g/mol. The van der Waals surface area contributed by atoms with Crippen LogP contribution < -0.4 is 0 Å². The van der Waals surface area contributed by atoms with Crippen molar-refractivity contribution >= 4 is 28.8 Å². The topological polar surface area (TPSA) is 54.5 Å². The molecular formula is C21H23NO3S. The maximum absolute atomic E-state index is 12.6. The van der Waals surface area contributed by atoms with Crippen molar-refractivity contribution in [1.29, 1.82) is 0 Å². The van der Waals surface area contributed by atoms with Gasteiger partial charge in [-0.15, -0.1) is 11.3 Å². The van der Waals surface area contributed by atoms with Gasteiger partial charge in [0.2, 0.25) is 5.91 Å². The first-order valence-corrected chi connectivity index (χ1v) is 9.83. The van der Waals surface area contributed by atoms with Gasteiger partial charge < -0.3 is 4.90 Å². The van der Waals surface area contributed by atoms with Gasteiger partial charge in [0.1, 0.15) is 5.78 Å². The molecule has 1 atom stereocenters. The number of rotatable bonds is 6. The van der Waals surface area contributed by atoms with Gasteiger partial charge in [-0.3, -0.25) is 14.4 Å². The summed E-state index contributed by atoms with van der Waals surface area (Å²) in [5.41, 5.74) is 1.90. The van der Waals surface area contributed by atoms with Crippen molar-refractivity contribution < 1.29 is 14.4 Å². The molecule has 1 aliphatic rings. The van der Waals surface area contributed by atoms with Crippen LogP contribution in [0.15, 0.2) is 41.8 Å². The van der Waals surface area contributed by atoms with Gasteiger partial charge in [0.15, 0.2) is 5.78 Å². The number of amides is 1. The molecule has 2 aromatic rings. The van der Waals surface area contributed by atoms with E-state index < -0.39 is 0 Å². The number of carbonyl (C=O) groups is 3. The van der Waals surface area contributed by atoms with Crippen molar-refractivity contribution in [2.45, 2.75) is 32.6 Å². The lowest BCUT2D eigenvalue weighted by Crippen LogP contribution is -2.43. The minimum absolute atomic E-state index is 0.0262. The Hall–Kier alpha value is -2.27. The number of nitrogens with zero attached hydrogens (tertiary/aromatic N) is 1. The molecule has 1 aliphatic heterocycles. The molecule has 136 valence electrons. The number of likely N-dealkylation sites (tertiary alicyclic amines) is 1. The molecule has 0 radical (unpaired) electrons. The highest BCUT2D eigenvalue weighted by molar-refractivity contribution is 7.12. The first-order valence-electron chi connectivity index (χ1n) is 8.95. The van der Waals surface area contributed by atoms with E-state index in [1.165, 1.54) is 18.3 Å². The van der Waals surface area contributed by atoms with Gasteiger partial charge in [0.05, 0.1) is 11.3 Å². The maximum Gasteiger partial charge on any atom is 0.227 e. The van der Waals surface area contributed by atoms with Crippen LogP contribution in [-0.4, -0.2) is 35.5 Å². The SMILES string of the molecule is CC(=O)c1cc(CC(=O)N2CCC[C@H](C(=O)Cc3ccccc3)C2)cs1. The zero-order valence-corrected chi connectivity index (χ0v) is 15.8. The van der Waals surface area contributed by atoms with Gasteiger partial charge in [-0.25, -0.2) is 0 Å². The molecule has 1 aromatic carbocycles. The molecule has 0 bridgehead atoms. The standard InChI is InChI=1S/C21H23NO3S/c1-15(23)20-11-17(14-26-20)12-21(25)22-9-5-8-18(13-22)19(24)10-16-6-3-2-4-7-16/h2-4,6-7,11,14,18H,5,8-10,12-13H2,1H3/t18-/m0/s1. The molecular weight excluding hydrogens is 346 g/mol. The van der Waals surface area contributed by atoms with Crippen LogP contribution in [0, 0.1) is 5.92 Å². The predicted octanol–water partition coefficient (Wildman–Crippen LogP) is 3.54. The molecule has 1 fully saturated rings. The smallest absolute Gasteiger partial charge is 0.227 e. The minimum Gasteiger partial charge on any atom is -0.342 e. The van der Waals surface area contributed by atoms with E-state index in [-0.39, 0.29) is 23.4 Å². The number of hydrogen-bond donors (Lipinski definition) is 0. The Kier molecular flexibility index (Phi) is 5.99. The van der Waals surface area contributed by atoms with Crippen LogP contribution in [0.5, 0.6) is 0 Å². The van der Waals surface area contributed by atoms with Crippen LogP contribution in [0.4, 0.5) is 0 Å². The second-order valence-corrected chi connectivity index (χ2v) is 7.77. The molecule has 0 spiro atoms.